The van der Waals surface area contributed by atoms with E-state index in [2.05, 4.69) is 0 Å². The average molecular weight is 261 g/mol. The van der Waals surface area contributed by atoms with Gasteiger partial charge in [0.15, 0.2) is 0 Å². The Balaban J connectivity index is 2.37. The van der Waals surface area contributed by atoms with Crippen molar-refractivity contribution >= 4 is 0 Å². The molecule has 1 fully saturated rings. The second-order valence-electron chi connectivity index (χ2n) is 4.78. The number of nitrogens with zero attached hydrogens (tertiary/aromatic N) is 1. The van der Waals surface area contributed by atoms with Crippen molar-refractivity contribution in [2.24, 2.45) is 0 Å². The van der Waals surface area contributed by atoms with Crippen molar-refractivity contribution in [1.29, 1.82) is 0 Å². The Kier molecular flexibility index (Phi) is 3.61. The molecular weight excluding hydrogens is 246 g/mol. The number of piperidine rings is 1. The van der Waals surface area contributed by atoms with Crippen molar-refractivity contribution in [3.63, 3.8) is 0 Å². The van der Waals surface area contributed by atoms with Gasteiger partial charge in [0, 0.05) is 5.56 Å². The average Bonchev–Trinajstić information content (AvgIpc) is 2.29. The standard InChI is InChI=1S/C13H15F4N/c1-18-7-5-9(6-8-18)12-10(13(15,16)17)3-2-4-11(12)14/h2-4,9H,5-8H2,1H3. The molecule has 1 nitrogen and oxygen atoms in total. The van der Waals surface area contributed by atoms with Crippen LogP contribution in [0.3, 0.4) is 0 Å². The van der Waals surface area contributed by atoms with Gasteiger partial charge in [-0.25, -0.2) is 4.39 Å². The number of halogens is 4. The Morgan fingerprint density at radius 3 is 2.33 bits per heavy atom. The van der Waals surface area contributed by atoms with Crippen LogP contribution in [0.2, 0.25) is 0 Å². The highest BCUT2D eigenvalue weighted by Crippen LogP contribution is 2.39. The molecule has 0 saturated carbocycles. The van der Waals surface area contributed by atoms with Gasteiger partial charge in [0.05, 0.1) is 5.56 Å². The minimum atomic E-state index is -4.49. The number of hydrogen-bond acceptors (Lipinski definition) is 1. The van der Waals surface area contributed by atoms with Crippen LogP contribution < -0.4 is 0 Å². The molecule has 0 atom stereocenters. The zero-order chi connectivity index (χ0) is 13.3. The fraction of sp³-hybridized carbons (Fsp3) is 0.538. The van der Waals surface area contributed by atoms with Gasteiger partial charge in [0.25, 0.3) is 0 Å². The molecule has 0 aliphatic carbocycles. The number of likely N-dealkylation sites (tertiary alicyclic amines) is 1. The molecule has 1 aliphatic rings. The van der Waals surface area contributed by atoms with Crippen molar-refractivity contribution in [3.8, 4) is 0 Å². The van der Waals surface area contributed by atoms with Crippen molar-refractivity contribution in [1.82, 2.24) is 4.90 Å². The first-order chi connectivity index (χ1) is 8.39. The molecule has 1 aromatic rings. The van der Waals surface area contributed by atoms with Crippen LogP contribution in [0, 0.1) is 5.82 Å². The van der Waals surface area contributed by atoms with Crippen LogP contribution in [0.1, 0.15) is 29.9 Å². The second kappa shape index (κ2) is 4.88. The summed E-state index contributed by atoms with van der Waals surface area (Å²) in [6, 6.07) is 3.20. The van der Waals surface area contributed by atoms with E-state index >= 15 is 0 Å². The van der Waals surface area contributed by atoms with Gasteiger partial charge in [-0.3, -0.25) is 0 Å². The Bertz CT molecular complexity index is 419. The highest BCUT2D eigenvalue weighted by atomic mass is 19.4. The quantitative estimate of drug-likeness (QED) is 0.697. The zero-order valence-electron chi connectivity index (χ0n) is 10.1. The van der Waals surface area contributed by atoms with E-state index in [0.29, 0.717) is 25.9 Å². The fourth-order valence-corrected chi connectivity index (χ4v) is 2.50. The van der Waals surface area contributed by atoms with E-state index in [9.17, 15) is 17.6 Å². The highest BCUT2D eigenvalue weighted by molar-refractivity contribution is 5.34. The van der Waals surface area contributed by atoms with Gasteiger partial charge in [-0.05, 0) is 51.0 Å². The highest BCUT2D eigenvalue weighted by Gasteiger charge is 2.37. The van der Waals surface area contributed by atoms with E-state index in [0.717, 1.165) is 18.2 Å². The van der Waals surface area contributed by atoms with Crippen LogP contribution in [0.4, 0.5) is 17.6 Å². The predicted molar refractivity (Wildman–Crippen MR) is 60.9 cm³/mol. The molecule has 1 heterocycles. The summed E-state index contributed by atoms with van der Waals surface area (Å²) in [5, 5.41) is 0. The topological polar surface area (TPSA) is 3.24 Å². The first-order valence-corrected chi connectivity index (χ1v) is 5.93. The van der Waals surface area contributed by atoms with Crippen LogP contribution in [-0.4, -0.2) is 25.0 Å². The summed E-state index contributed by atoms with van der Waals surface area (Å²) in [6.45, 7) is 1.41. The maximum atomic E-state index is 13.7. The second-order valence-corrected chi connectivity index (χ2v) is 4.78. The molecule has 1 saturated heterocycles. The van der Waals surface area contributed by atoms with Crippen molar-refractivity contribution < 1.29 is 17.6 Å². The SMILES string of the molecule is CN1CCC(c2c(F)cccc2C(F)(F)F)CC1. The lowest BCUT2D eigenvalue weighted by Gasteiger charge is -2.30. The van der Waals surface area contributed by atoms with E-state index in [4.69, 9.17) is 0 Å². The van der Waals surface area contributed by atoms with E-state index in [-0.39, 0.29) is 11.5 Å². The summed E-state index contributed by atoms with van der Waals surface area (Å²) in [7, 11) is 1.92. The monoisotopic (exact) mass is 261 g/mol. The minimum Gasteiger partial charge on any atom is -0.306 e. The molecule has 0 aromatic heterocycles. The maximum absolute atomic E-state index is 13.7. The van der Waals surface area contributed by atoms with E-state index in [1.54, 1.807) is 0 Å². The van der Waals surface area contributed by atoms with Crippen LogP contribution in [0.15, 0.2) is 18.2 Å². The summed E-state index contributed by atoms with van der Waals surface area (Å²) in [6.07, 6.45) is -3.35. The maximum Gasteiger partial charge on any atom is 0.416 e. The molecule has 0 amide bonds. The van der Waals surface area contributed by atoms with E-state index in [1.165, 1.54) is 0 Å². The summed E-state index contributed by atoms with van der Waals surface area (Å²) in [4.78, 5) is 2.05. The minimum absolute atomic E-state index is 0.155. The van der Waals surface area contributed by atoms with Gasteiger partial charge in [0.1, 0.15) is 5.82 Å². The molecule has 0 N–H and O–H groups in total. The first kappa shape index (κ1) is 13.3. The number of hydrogen-bond donors (Lipinski definition) is 0. The van der Waals surface area contributed by atoms with Crippen molar-refractivity contribution in [2.45, 2.75) is 24.9 Å². The number of benzene rings is 1. The van der Waals surface area contributed by atoms with Gasteiger partial charge in [-0.1, -0.05) is 6.07 Å². The molecule has 2 rings (SSSR count). The van der Waals surface area contributed by atoms with E-state index in [1.807, 2.05) is 11.9 Å². The van der Waals surface area contributed by atoms with Gasteiger partial charge in [-0.15, -0.1) is 0 Å². The first-order valence-electron chi connectivity index (χ1n) is 5.93. The molecule has 0 radical (unpaired) electrons. The van der Waals surface area contributed by atoms with Crippen molar-refractivity contribution in [2.75, 3.05) is 20.1 Å². The smallest absolute Gasteiger partial charge is 0.306 e. The molecule has 0 spiro atoms. The molecule has 18 heavy (non-hydrogen) atoms. The Labute approximate surface area is 103 Å². The van der Waals surface area contributed by atoms with Gasteiger partial charge in [0.2, 0.25) is 0 Å². The Hall–Kier alpha value is -1.10. The molecular formula is C13H15F4N. The van der Waals surface area contributed by atoms with Crippen LogP contribution >= 0.6 is 0 Å². The molecule has 1 aromatic carbocycles. The van der Waals surface area contributed by atoms with Crippen LogP contribution in [-0.2, 0) is 6.18 Å². The van der Waals surface area contributed by atoms with Crippen LogP contribution in [0.5, 0.6) is 0 Å². The molecule has 100 valence electrons. The summed E-state index contributed by atoms with van der Waals surface area (Å²) >= 11 is 0. The largest absolute Gasteiger partial charge is 0.416 e. The summed E-state index contributed by atoms with van der Waals surface area (Å²) < 4.78 is 52.4. The number of rotatable bonds is 1. The van der Waals surface area contributed by atoms with Crippen LogP contribution in [0.25, 0.3) is 0 Å². The normalized spacial score (nSPS) is 19.2. The molecule has 0 unspecified atom stereocenters. The van der Waals surface area contributed by atoms with Gasteiger partial charge in [-0.2, -0.15) is 13.2 Å². The molecule has 0 bridgehead atoms. The van der Waals surface area contributed by atoms with E-state index < -0.39 is 17.6 Å². The summed E-state index contributed by atoms with van der Waals surface area (Å²) in [5.41, 5.74) is -0.977. The van der Waals surface area contributed by atoms with Gasteiger partial charge >= 0.3 is 6.18 Å². The summed E-state index contributed by atoms with van der Waals surface area (Å²) in [5.74, 6) is -1.07. The van der Waals surface area contributed by atoms with Gasteiger partial charge < -0.3 is 4.90 Å². The third-order valence-electron chi connectivity index (χ3n) is 3.49. The van der Waals surface area contributed by atoms with Crippen molar-refractivity contribution in [3.05, 3.63) is 35.1 Å². The lowest BCUT2D eigenvalue weighted by Crippen LogP contribution is -2.30. The molecule has 5 heteroatoms. The lowest BCUT2D eigenvalue weighted by molar-refractivity contribution is -0.138. The zero-order valence-corrected chi connectivity index (χ0v) is 10.1. The third-order valence-corrected chi connectivity index (χ3v) is 3.49. The predicted octanol–water partition coefficient (Wildman–Crippen LogP) is 3.65. The Morgan fingerprint density at radius 1 is 1.17 bits per heavy atom. The fourth-order valence-electron chi connectivity index (χ4n) is 2.50. The third kappa shape index (κ3) is 2.66. The Morgan fingerprint density at radius 2 is 1.78 bits per heavy atom. The number of alkyl halides is 3. The molecule has 1 aliphatic heterocycles. The lowest BCUT2D eigenvalue weighted by atomic mass is 9.86.